The third-order valence-corrected chi connectivity index (χ3v) is 7.31. The minimum Gasteiger partial charge on any atom is -0.487 e. The van der Waals surface area contributed by atoms with Crippen LogP contribution in [0.4, 0.5) is 16.3 Å². The van der Waals surface area contributed by atoms with Gasteiger partial charge in [-0.25, -0.2) is 9.78 Å². The maximum atomic E-state index is 12.6. The first kappa shape index (κ1) is 20.3. The molecule has 3 atom stereocenters. The Labute approximate surface area is 202 Å². The number of pyridine rings is 1. The van der Waals surface area contributed by atoms with Gasteiger partial charge in [0, 0.05) is 29.4 Å². The van der Waals surface area contributed by atoms with Crippen LogP contribution in [0.25, 0.3) is 0 Å². The third-order valence-electron chi connectivity index (χ3n) is 7.31. The van der Waals surface area contributed by atoms with E-state index in [0.717, 1.165) is 35.4 Å². The molecule has 3 amide bonds. The number of hydrogen-bond acceptors (Lipinski definition) is 5. The highest BCUT2D eigenvalue weighted by Gasteiger charge is 2.59. The molecule has 8 heteroatoms. The average Bonchev–Trinajstić information content (AvgIpc) is 3.18. The van der Waals surface area contributed by atoms with Gasteiger partial charge in [-0.05, 0) is 73.2 Å². The normalized spacial score (nSPS) is 22.6. The molecule has 176 valence electrons. The van der Waals surface area contributed by atoms with Gasteiger partial charge in [-0.1, -0.05) is 6.07 Å². The Morgan fingerprint density at radius 3 is 2.91 bits per heavy atom. The summed E-state index contributed by atoms with van der Waals surface area (Å²) in [6.07, 6.45) is 5.95. The third kappa shape index (κ3) is 3.56. The van der Waals surface area contributed by atoms with Crippen molar-refractivity contribution in [3.05, 3.63) is 70.9 Å². The zero-order valence-corrected chi connectivity index (χ0v) is 19.0. The number of carbonyl (C=O) groups is 2. The number of benzene rings is 2. The fourth-order valence-electron chi connectivity index (χ4n) is 5.52. The van der Waals surface area contributed by atoms with Crippen LogP contribution in [0.5, 0.6) is 17.2 Å². The van der Waals surface area contributed by atoms with Crippen molar-refractivity contribution in [3.8, 4) is 17.2 Å². The van der Waals surface area contributed by atoms with Crippen LogP contribution in [0, 0.1) is 0 Å². The number of carbonyl (C=O) groups excluding carboxylic acids is 2. The number of aryl methyl sites for hydroxylation is 2. The Hall–Kier alpha value is -4.07. The summed E-state index contributed by atoms with van der Waals surface area (Å²) < 4.78 is 12.2. The number of nitrogens with zero attached hydrogens (tertiary/aromatic N) is 1. The van der Waals surface area contributed by atoms with Gasteiger partial charge in [0.2, 0.25) is 5.91 Å². The minimum atomic E-state index is -0.217. The van der Waals surface area contributed by atoms with Gasteiger partial charge in [0.15, 0.2) is 0 Å². The number of nitrogens with one attached hydrogen (secondary N) is 3. The summed E-state index contributed by atoms with van der Waals surface area (Å²) in [7, 11) is 0. The fraction of sp³-hybridized carbons (Fsp3) is 0.296. The first-order chi connectivity index (χ1) is 17.1. The Morgan fingerprint density at radius 1 is 1.06 bits per heavy atom. The molecular weight excluding hydrogens is 444 g/mol. The van der Waals surface area contributed by atoms with Crippen molar-refractivity contribution < 1.29 is 19.1 Å². The van der Waals surface area contributed by atoms with Crippen LogP contribution < -0.4 is 25.4 Å². The Morgan fingerprint density at radius 2 is 1.97 bits per heavy atom. The van der Waals surface area contributed by atoms with Crippen LogP contribution in [-0.2, 0) is 24.1 Å². The number of fused-ring (bicyclic) bond motifs is 5. The topological polar surface area (TPSA) is 102 Å². The Bertz CT molecular complexity index is 1390. The highest BCUT2D eigenvalue weighted by atomic mass is 16.5. The zero-order chi connectivity index (χ0) is 23.5. The molecule has 1 fully saturated rings. The van der Waals surface area contributed by atoms with Crippen molar-refractivity contribution in [3.63, 3.8) is 0 Å². The summed E-state index contributed by atoms with van der Waals surface area (Å²) >= 11 is 0. The van der Waals surface area contributed by atoms with Gasteiger partial charge in [-0.3, -0.25) is 4.79 Å². The van der Waals surface area contributed by atoms with E-state index in [1.54, 1.807) is 6.20 Å². The maximum absolute atomic E-state index is 12.6. The van der Waals surface area contributed by atoms with Crippen molar-refractivity contribution >= 4 is 23.4 Å². The molecule has 35 heavy (non-hydrogen) atoms. The standard InChI is InChI=1S/C27H24N4O4/c32-22-9-7-18-21(10-11-28-26(18)30-22)34-17-6-8-20-19(13-17)23-24(25(23)35-20)31-27(33)29-16-5-4-14-2-1-3-15(14)12-16/h4-6,8,10-13,23-25H,1-3,7,9H2,(H,28,30,32)(H2,29,31,33)/t23-,24-,25-/m0/s1. The predicted octanol–water partition coefficient (Wildman–Crippen LogP) is 4.30. The van der Waals surface area contributed by atoms with E-state index < -0.39 is 0 Å². The number of rotatable bonds is 4. The summed E-state index contributed by atoms with van der Waals surface area (Å²) in [4.78, 5) is 28.6. The van der Waals surface area contributed by atoms with Gasteiger partial charge in [0.25, 0.3) is 0 Å². The van der Waals surface area contributed by atoms with E-state index in [1.807, 2.05) is 30.3 Å². The van der Waals surface area contributed by atoms with Gasteiger partial charge in [-0.15, -0.1) is 0 Å². The van der Waals surface area contributed by atoms with E-state index in [-0.39, 0.29) is 30.0 Å². The molecule has 0 bridgehead atoms. The first-order valence-corrected chi connectivity index (χ1v) is 12.1. The highest BCUT2D eigenvalue weighted by molar-refractivity contribution is 5.93. The number of hydrogen-bond donors (Lipinski definition) is 3. The molecule has 2 aromatic carbocycles. The van der Waals surface area contributed by atoms with E-state index in [4.69, 9.17) is 9.47 Å². The second-order valence-corrected chi connectivity index (χ2v) is 9.56. The maximum Gasteiger partial charge on any atom is 0.319 e. The van der Waals surface area contributed by atoms with E-state index >= 15 is 0 Å². The van der Waals surface area contributed by atoms with E-state index in [0.29, 0.717) is 30.2 Å². The van der Waals surface area contributed by atoms with Crippen molar-refractivity contribution in [2.75, 3.05) is 10.6 Å². The molecule has 2 aliphatic carbocycles. The monoisotopic (exact) mass is 468 g/mol. The molecule has 0 unspecified atom stereocenters. The Balaban J connectivity index is 1.04. The molecule has 7 rings (SSSR count). The SMILES string of the molecule is O=C1CCc2c(Oc3ccc4c(c3)[C@H]3[C@H](NC(=O)Nc5ccc6c(c5)CCC6)[C@H]3O4)ccnc2N1. The summed E-state index contributed by atoms with van der Waals surface area (Å²) in [5, 5.41) is 8.83. The van der Waals surface area contributed by atoms with Gasteiger partial charge >= 0.3 is 6.03 Å². The quantitative estimate of drug-likeness (QED) is 0.530. The number of urea groups is 1. The van der Waals surface area contributed by atoms with Crippen LogP contribution in [0.3, 0.4) is 0 Å². The van der Waals surface area contributed by atoms with Crippen molar-refractivity contribution in [1.82, 2.24) is 10.3 Å². The highest BCUT2D eigenvalue weighted by Crippen LogP contribution is 2.54. The van der Waals surface area contributed by atoms with E-state index in [9.17, 15) is 9.59 Å². The lowest BCUT2D eigenvalue weighted by Crippen LogP contribution is -2.34. The summed E-state index contributed by atoms with van der Waals surface area (Å²) in [6, 6.07) is 13.4. The molecule has 0 spiro atoms. The Kier molecular flexibility index (Phi) is 4.49. The lowest BCUT2D eigenvalue weighted by Gasteiger charge is -2.19. The molecular formula is C27H24N4O4. The zero-order valence-electron chi connectivity index (χ0n) is 19.0. The van der Waals surface area contributed by atoms with Crippen LogP contribution in [0.15, 0.2) is 48.7 Å². The first-order valence-electron chi connectivity index (χ1n) is 12.1. The van der Waals surface area contributed by atoms with Crippen LogP contribution >= 0.6 is 0 Å². The van der Waals surface area contributed by atoms with Crippen molar-refractivity contribution in [1.29, 1.82) is 0 Å². The smallest absolute Gasteiger partial charge is 0.319 e. The van der Waals surface area contributed by atoms with Gasteiger partial charge < -0.3 is 25.4 Å². The van der Waals surface area contributed by atoms with Crippen molar-refractivity contribution in [2.45, 2.75) is 50.2 Å². The number of aromatic nitrogens is 1. The largest absolute Gasteiger partial charge is 0.487 e. The van der Waals surface area contributed by atoms with Crippen molar-refractivity contribution in [2.24, 2.45) is 0 Å². The molecule has 3 heterocycles. The lowest BCUT2D eigenvalue weighted by molar-refractivity contribution is -0.116. The molecule has 3 N–H and O–H groups in total. The number of ether oxygens (including phenoxy) is 2. The molecule has 1 aromatic heterocycles. The second kappa shape index (κ2) is 7.73. The molecule has 3 aromatic rings. The number of amides is 3. The number of anilines is 2. The van der Waals surface area contributed by atoms with E-state index in [2.05, 4.69) is 33.1 Å². The van der Waals surface area contributed by atoms with Gasteiger partial charge in [0.05, 0.1) is 12.0 Å². The van der Waals surface area contributed by atoms with Crippen LogP contribution in [0.2, 0.25) is 0 Å². The average molecular weight is 469 g/mol. The van der Waals surface area contributed by atoms with Gasteiger partial charge in [0.1, 0.15) is 29.2 Å². The molecule has 0 saturated heterocycles. The summed E-state index contributed by atoms with van der Waals surface area (Å²) in [6.45, 7) is 0. The summed E-state index contributed by atoms with van der Waals surface area (Å²) in [5.74, 6) is 2.83. The fourth-order valence-corrected chi connectivity index (χ4v) is 5.52. The van der Waals surface area contributed by atoms with Gasteiger partial charge in [-0.2, -0.15) is 0 Å². The molecule has 8 nitrogen and oxygen atoms in total. The predicted molar refractivity (Wildman–Crippen MR) is 129 cm³/mol. The summed E-state index contributed by atoms with van der Waals surface area (Å²) in [5.41, 5.74) is 5.46. The lowest BCUT2D eigenvalue weighted by atomic mass is 10.1. The van der Waals surface area contributed by atoms with Crippen LogP contribution in [0.1, 0.15) is 41.0 Å². The molecule has 0 radical (unpaired) electrons. The second-order valence-electron chi connectivity index (χ2n) is 9.56. The molecule has 2 aliphatic heterocycles. The minimum absolute atomic E-state index is 0.0321. The van der Waals surface area contributed by atoms with Crippen LogP contribution in [-0.4, -0.2) is 29.1 Å². The van der Waals surface area contributed by atoms with E-state index in [1.165, 1.54) is 17.5 Å². The molecule has 1 saturated carbocycles. The molecule has 4 aliphatic rings.